The Balaban J connectivity index is 1.97. The Kier molecular flexibility index (Phi) is 3.31. The Hall–Kier alpha value is -1.68. The molecule has 1 aromatic carbocycles. The Bertz CT molecular complexity index is 479. The van der Waals surface area contributed by atoms with Gasteiger partial charge >= 0.3 is 5.97 Å². The van der Waals surface area contributed by atoms with Crippen molar-refractivity contribution in [3.8, 4) is 0 Å². The number of carbonyl (C=O) groups is 1. The Morgan fingerprint density at radius 2 is 2.00 bits per heavy atom. The second-order valence-electron chi connectivity index (χ2n) is 3.42. The van der Waals surface area contributed by atoms with E-state index in [9.17, 15) is 4.79 Å². The summed E-state index contributed by atoms with van der Waals surface area (Å²) in [5.74, 6) is -0.948. The minimum absolute atomic E-state index is 0.170. The molecular formula is C12H11NO2S. The predicted molar refractivity (Wildman–Crippen MR) is 62.9 cm³/mol. The number of aromatic nitrogens is 1. The second-order valence-corrected chi connectivity index (χ2v) is 4.54. The van der Waals surface area contributed by atoms with Crippen LogP contribution in [-0.4, -0.2) is 16.1 Å². The van der Waals surface area contributed by atoms with Gasteiger partial charge in [-0.2, -0.15) is 0 Å². The Morgan fingerprint density at radius 1 is 1.25 bits per heavy atom. The number of carboxylic acid groups (broad SMARTS) is 1. The van der Waals surface area contributed by atoms with E-state index in [1.807, 2.05) is 18.2 Å². The summed E-state index contributed by atoms with van der Waals surface area (Å²) in [7, 11) is 0. The van der Waals surface area contributed by atoms with Crippen LogP contribution in [-0.2, 0) is 12.8 Å². The van der Waals surface area contributed by atoms with Crippen molar-refractivity contribution in [3.63, 3.8) is 0 Å². The first-order chi connectivity index (χ1) is 7.75. The van der Waals surface area contributed by atoms with E-state index in [-0.39, 0.29) is 5.01 Å². The van der Waals surface area contributed by atoms with Crippen LogP contribution in [0.4, 0.5) is 0 Å². The molecule has 2 aromatic rings. The summed E-state index contributed by atoms with van der Waals surface area (Å²) < 4.78 is 0. The lowest BCUT2D eigenvalue weighted by Gasteiger charge is -1.97. The van der Waals surface area contributed by atoms with Gasteiger partial charge in [-0.05, 0) is 18.4 Å². The van der Waals surface area contributed by atoms with Gasteiger partial charge in [0.25, 0.3) is 0 Å². The van der Waals surface area contributed by atoms with Gasteiger partial charge in [-0.15, -0.1) is 11.3 Å². The van der Waals surface area contributed by atoms with Crippen LogP contribution in [0, 0.1) is 0 Å². The molecule has 3 nitrogen and oxygen atoms in total. The summed E-state index contributed by atoms with van der Waals surface area (Å²) >= 11 is 1.25. The Morgan fingerprint density at radius 3 is 2.62 bits per heavy atom. The minimum Gasteiger partial charge on any atom is -0.476 e. The molecular weight excluding hydrogens is 222 g/mol. The number of nitrogens with zero attached hydrogens (tertiary/aromatic N) is 1. The number of rotatable bonds is 4. The first kappa shape index (κ1) is 10.8. The third-order valence-electron chi connectivity index (χ3n) is 2.24. The Labute approximate surface area is 97.4 Å². The fraction of sp³-hybridized carbons (Fsp3) is 0.167. The molecule has 0 radical (unpaired) electrons. The molecule has 16 heavy (non-hydrogen) atoms. The fourth-order valence-corrected chi connectivity index (χ4v) is 2.18. The largest absolute Gasteiger partial charge is 0.476 e. The number of aryl methyl sites for hydroxylation is 2. The zero-order valence-electron chi connectivity index (χ0n) is 8.59. The maximum absolute atomic E-state index is 10.6. The van der Waals surface area contributed by atoms with E-state index < -0.39 is 5.97 Å². The molecule has 4 heteroatoms. The third-order valence-corrected chi connectivity index (χ3v) is 3.28. The molecule has 0 saturated carbocycles. The monoisotopic (exact) mass is 233 g/mol. The van der Waals surface area contributed by atoms with Gasteiger partial charge in [0.15, 0.2) is 0 Å². The lowest BCUT2D eigenvalue weighted by Crippen LogP contribution is -1.92. The lowest BCUT2D eigenvalue weighted by molar-refractivity contribution is 0.0696. The fourth-order valence-electron chi connectivity index (χ4n) is 1.43. The number of benzene rings is 1. The van der Waals surface area contributed by atoms with Gasteiger partial charge in [0, 0.05) is 11.1 Å². The van der Waals surface area contributed by atoms with Crippen molar-refractivity contribution in [2.45, 2.75) is 12.8 Å². The molecule has 0 amide bonds. The van der Waals surface area contributed by atoms with Gasteiger partial charge in [0.1, 0.15) is 0 Å². The summed E-state index contributed by atoms with van der Waals surface area (Å²) in [4.78, 5) is 15.5. The second kappa shape index (κ2) is 4.90. The number of aromatic carboxylic acids is 1. The molecule has 0 aliphatic heterocycles. The van der Waals surface area contributed by atoms with E-state index in [0.29, 0.717) is 0 Å². The highest BCUT2D eigenvalue weighted by Gasteiger charge is 2.08. The average molecular weight is 233 g/mol. The van der Waals surface area contributed by atoms with Crippen LogP contribution in [0.25, 0.3) is 0 Å². The van der Waals surface area contributed by atoms with Crippen LogP contribution < -0.4 is 0 Å². The molecule has 1 aromatic heterocycles. The molecule has 0 aliphatic carbocycles. The summed E-state index contributed by atoms with van der Waals surface area (Å²) in [6, 6.07) is 10.1. The highest BCUT2D eigenvalue weighted by molar-refractivity contribution is 7.13. The van der Waals surface area contributed by atoms with Crippen LogP contribution in [0.1, 0.15) is 20.2 Å². The summed E-state index contributed by atoms with van der Waals surface area (Å²) in [6.45, 7) is 0. The first-order valence-electron chi connectivity index (χ1n) is 4.97. The van der Waals surface area contributed by atoms with Crippen molar-refractivity contribution >= 4 is 17.3 Å². The van der Waals surface area contributed by atoms with Crippen molar-refractivity contribution in [1.82, 2.24) is 4.98 Å². The van der Waals surface area contributed by atoms with E-state index >= 15 is 0 Å². The van der Waals surface area contributed by atoms with Gasteiger partial charge in [0.2, 0.25) is 5.01 Å². The zero-order chi connectivity index (χ0) is 11.4. The van der Waals surface area contributed by atoms with Gasteiger partial charge in [-0.25, -0.2) is 9.78 Å². The molecule has 0 fully saturated rings. The number of hydrogen-bond acceptors (Lipinski definition) is 3. The molecule has 0 bridgehead atoms. The number of thiazole rings is 1. The zero-order valence-corrected chi connectivity index (χ0v) is 9.41. The summed E-state index contributed by atoms with van der Waals surface area (Å²) in [5, 5.41) is 8.90. The number of hydrogen-bond donors (Lipinski definition) is 1. The van der Waals surface area contributed by atoms with Gasteiger partial charge in [-0.3, -0.25) is 0 Å². The van der Waals surface area contributed by atoms with Crippen molar-refractivity contribution in [2.75, 3.05) is 0 Å². The molecule has 1 heterocycles. The highest BCUT2D eigenvalue weighted by Crippen LogP contribution is 2.15. The molecule has 0 atom stereocenters. The van der Waals surface area contributed by atoms with E-state index in [2.05, 4.69) is 17.1 Å². The van der Waals surface area contributed by atoms with Crippen molar-refractivity contribution < 1.29 is 9.90 Å². The van der Waals surface area contributed by atoms with E-state index in [4.69, 9.17) is 5.11 Å². The van der Waals surface area contributed by atoms with Crippen LogP contribution in [0.2, 0.25) is 0 Å². The van der Waals surface area contributed by atoms with Gasteiger partial charge < -0.3 is 5.11 Å². The topological polar surface area (TPSA) is 50.2 Å². The molecule has 0 aliphatic rings. The van der Waals surface area contributed by atoms with Crippen molar-refractivity contribution in [1.29, 1.82) is 0 Å². The summed E-state index contributed by atoms with van der Waals surface area (Å²) in [5.41, 5.74) is 1.26. The standard InChI is InChI=1S/C12H11NO2S/c14-12(15)11-13-8-10(16-11)7-6-9-4-2-1-3-5-9/h1-5,8H,6-7H2,(H,14,15). The minimum atomic E-state index is -0.948. The third kappa shape index (κ3) is 2.67. The normalized spacial score (nSPS) is 10.2. The molecule has 82 valence electrons. The predicted octanol–water partition coefficient (Wildman–Crippen LogP) is 2.63. The maximum atomic E-state index is 10.6. The molecule has 0 spiro atoms. The smallest absolute Gasteiger partial charge is 0.365 e. The van der Waals surface area contributed by atoms with E-state index in [1.165, 1.54) is 16.9 Å². The highest BCUT2D eigenvalue weighted by atomic mass is 32.1. The molecule has 0 unspecified atom stereocenters. The maximum Gasteiger partial charge on any atom is 0.365 e. The SMILES string of the molecule is O=C(O)c1ncc(CCc2ccccc2)s1. The van der Waals surface area contributed by atoms with Crippen molar-refractivity contribution in [3.05, 3.63) is 52.0 Å². The quantitative estimate of drug-likeness (QED) is 0.883. The van der Waals surface area contributed by atoms with E-state index in [0.717, 1.165) is 17.7 Å². The van der Waals surface area contributed by atoms with Gasteiger partial charge in [0.05, 0.1) is 0 Å². The summed E-state index contributed by atoms with van der Waals surface area (Å²) in [6.07, 6.45) is 3.41. The van der Waals surface area contributed by atoms with E-state index in [1.54, 1.807) is 6.20 Å². The molecule has 0 saturated heterocycles. The van der Waals surface area contributed by atoms with Gasteiger partial charge in [-0.1, -0.05) is 30.3 Å². The molecule has 2 rings (SSSR count). The number of carboxylic acids is 1. The van der Waals surface area contributed by atoms with Crippen molar-refractivity contribution in [2.24, 2.45) is 0 Å². The van der Waals surface area contributed by atoms with Crippen LogP contribution in [0.15, 0.2) is 36.5 Å². The van der Waals surface area contributed by atoms with Crippen LogP contribution in [0.3, 0.4) is 0 Å². The van der Waals surface area contributed by atoms with Crippen LogP contribution >= 0.6 is 11.3 Å². The molecule has 1 N–H and O–H groups in total. The first-order valence-corrected chi connectivity index (χ1v) is 5.79. The lowest BCUT2D eigenvalue weighted by atomic mass is 10.1. The average Bonchev–Trinajstić information content (AvgIpc) is 2.76. The van der Waals surface area contributed by atoms with Crippen LogP contribution in [0.5, 0.6) is 0 Å².